The Balaban J connectivity index is 1.62. The summed E-state index contributed by atoms with van der Waals surface area (Å²) in [5.41, 5.74) is 5.51. The monoisotopic (exact) mass is 392 g/mol. The van der Waals surface area contributed by atoms with Gasteiger partial charge in [-0.2, -0.15) is 0 Å². The molecule has 0 unspecified atom stereocenters. The van der Waals surface area contributed by atoms with Gasteiger partial charge in [0.05, 0.1) is 0 Å². The molecule has 0 aromatic heterocycles. The van der Waals surface area contributed by atoms with Gasteiger partial charge in [0.25, 0.3) is 0 Å². The van der Waals surface area contributed by atoms with Gasteiger partial charge in [-0.25, -0.2) is 0 Å². The van der Waals surface area contributed by atoms with Crippen LogP contribution < -0.4 is 4.90 Å². The highest BCUT2D eigenvalue weighted by Gasteiger charge is 2.22. The average Bonchev–Trinajstić information content (AvgIpc) is 2.75. The van der Waals surface area contributed by atoms with E-state index in [0.29, 0.717) is 12.3 Å². The third-order valence-electron chi connectivity index (χ3n) is 6.01. The number of hydrogen-bond donors (Lipinski definition) is 0. The van der Waals surface area contributed by atoms with Gasteiger partial charge >= 0.3 is 0 Å². The smallest absolute Gasteiger partial charge is 0.226 e. The summed E-state index contributed by atoms with van der Waals surface area (Å²) in [6.45, 7) is 7.17. The van der Waals surface area contributed by atoms with Crippen molar-refractivity contribution in [1.29, 1.82) is 0 Å². The Morgan fingerprint density at radius 1 is 1.14 bits per heavy atom. The van der Waals surface area contributed by atoms with Crippen LogP contribution in [0.4, 0.5) is 5.69 Å². The zero-order valence-corrected chi connectivity index (χ0v) is 17.9. The van der Waals surface area contributed by atoms with E-state index in [1.165, 1.54) is 11.1 Å². The molecule has 1 saturated heterocycles. The lowest BCUT2D eigenvalue weighted by Gasteiger charge is -2.33. The Bertz CT molecular complexity index is 836. The van der Waals surface area contributed by atoms with Gasteiger partial charge in [-0.05, 0) is 68.0 Å². The van der Waals surface area contributed by atoms with Gasteiger partial charge < -0.3 is 4.90 Å². The summed E-state index contributed by atoms with van der Waals surface area (Å²) in [7, 11) is 1.89. The maximum atomic E-state index is 12.3. The number of rotatable bonds is 7. The minimum Gasteiger partial charge on any atom is -0.315 e. The fourth-order valence-electron chi connectivity index (χ4n) is 4.14. The van der Waals surface area contributed by atoms with E-state index in [4.69, 9.17) is 0 Å². The summed E-state index contributed by atoms with van der Waals surface area (Å²) < 4.78 is 0. The van der Waals surface area contributed by atoms with Gasteiger partial charge in [-0.3, -0.25) is 14.5 Å². The Kier molecular flexibility index (Phi) is 7.21. The first-order valence-corrected chi connectivity index (χ1v) is 10.7. The second kappa shape index (κ2) is 9.84. The van der Waals surface area contributed by atoms with Gasteiger partial charge in [0.2, 0.25) is 5.91 Å². The van der Waals surface area contributed by atoms with Crippen LogP contribution in [0.25, 0.3) is 0 Å². The first-order chi connectivity index (χ1) is 14.0. The van der Waals surface area contributed by atoms with Gasteiger partial charge in [0.15, 0.2) is 0 Å². The predicted molar refractivity (Wildman–Crippen MR) is 119 cm³/mol. The molecule has 0 bridgehead atoms. The van der Waals surface area contributed by atoms with Crippen molar-refractivity contribution in [2.45, 2.75) is 52.0 Å². The molecule has 0 saturated carbocycles. The number of carbonyl (C=O) groups excluding carboxylic acids is 2. The van der Waals surface area contributed by atoms with Crippen LogP contribution in [0.15, 0.2) is 42.5 Å². The summed E-state index contributed by atoms with van der Waals surface area (Å²) in [5, 5.41) is 0. The van der Waals surface area contributed by atoms with Gasteiger partial charge in [0, 0.05) is 31.3 Å². The maximum Gasteiger partial charge on any atom is 0.226 e. The number of piperidine rings is 1. The Hall–Kier alpha value is -2.46. The summed E-state index contributed by atoms with van der Waals surface area (Å²) in [6, 6.07) is 14.5. The van der Waals surface area contributed by atoms with Crippen LogP contribution in [0, 0.1) is 6.92 Å². The lowest BCUT2D eigenvalue weighted by Crippen LogP contribution is -2.32. The maximum absolute atomic E-state index is 12.3. The average molecular weight is 393 g/mol. The van der Waals surface area contributed by atoms with Gasteiger partial charge in [0.1, 0.15) is 6.29 Å². The molecule has 154 valence electrons. The number of amides is 1. The van der Waals surface area contributed by atoms with E-state index >= 15 is 0 Å². The second-order valence-electron chi connectivity index (χ2n) is 8.16. The van der Waals surface area contributed by atoms with E-state index < -0.39 is 0 Å². The van der Waals surface area contributed by atoms with Crippen molar-refractivity contribution in [1.82, 2.24) is 4.90 Å². The Morgan fingerprint density at radius 2 is 1.83 bits per heavy atom. The van der Waals surface area contributed by atoms with Gasteiger partial charge in [-0.15, -0.1) is 0 Å². The van der Waals surface area contributed by atoms with E-state index in [1.54, 1.807) is 0 Å². The van der Waals surface area contributed by atoms with Crippen LogP contribution in [0.5, 0.6) is 0 Å². The molecule has 1 amide bonds. The summed E-state index contributed by atoms with van der Waals surface area (Å²) in [4.78, 5) is 27.4. The summed E-state index contributed by atoms with van der Waals surface area (Å²) >= 11 is 0. The highest BCUT2D eigenvalue weighted by Crippen LogP contribution is 2.32. The highest BCUT2D eigenvalue weighted by atomic mass is 16.2. The van der Waals surface area contributed by atoms with Gasteiger partial charge in [-0.1, -0.05) is 43.3 Å². The normalized spacial score (nSPS) is 15.3. The topological polar surface area (TPSA) is 40.6 Å². The molecule has 0 aliphatic carbocycles. The molecule has 1 aliphatic rings. The van der Waals surface area contributed by atoms with Crippen LogP contribution in [-0.4, -0.2) is 37.2 Å². The van der Waals surface area contributed by atoms with Crippen molar-refractivity contribution in [3.05, 3.63) is 64.7 Å². The summed E-state index contributed by atoms with van der Waals surface area (Å²) in [6.07, 6.45) is 4.60. The van der Waals surface area contributed by atoms with Crippen molar-refractivity contribution in [3.63, 3.8) is 0 Å². The lowest BCUT2D eigenvalue weighted by molar-refractivity contribution is -0.118. The van der Waals surface area contributed by atoms with Crippen molar-refractivity contribution in [3.8, 4) is 0 Å². The molecule has 2 aromatic carbocycles. The fourth-order valence-corrected chi connectivity index (χ4v) is 4.14. The number of likely N-dealkylation sites (tertiary alicyclic amines) is 1. The van der Waals surface area contributed by atoms with E-state index in [0.717, 1.165) is 62.0 Å². The number of aldehydes is 1. The molecule has 29 heavy (non-hydrogen) atoms. The van der Waals surface area contributed by atoms with E-state index in [1.807, 2.05) is 43.1 Å². The third kappa shape index (κ3) is 5.33. The molecule has 3 rings (SSSR count). The SMILES string of the molecule is CCCC(=O)N(C)c1cc(C2CCN(Cc3ccc(C=O)cc3)CC2)ccc1C. The van der Waals surface area contributed by atoms with Crippen molar-refractivity contribution in [2.75, 3.05) is 25.0 Å². The van der Waals surface area contributed by atoms with Crippen LogP contribution in [0.2, 0.25) is 0 Å². The number of benzene rings is 2. The van der Waals surface area contributed by atoms with Crippen molar-refractivity contribution >= 4 is 17.9 Å². The molecular formula is C25H32N2O2. The minimum absolute atomic E-state index is 0.183. The molecule has 1 aliphatic heterocycles. The number of aryl methyl sites for hydroxylation is 1. The van der Waals surface area contributed by atoms with Crippen LogP contribution in [-0.2, 0) is 11.3 Å². The molecule has 4 heteroatoms. The summed E-state index contributed by atoms with van der Waals surface area (Å²) in [5.74, 6) is 0.723. The number of carbonyl (C=O) groups is 2. The molecule has 1 heterocycles. The standard InChI is InChI=1S/C25H32N2O2/c1-4-5-25(29)26(3)24-16-23(11-6-19(24)2)22-12-14-27(15-13-22)17-20-7-9-21(18-28)10-8-20/h6-11,16,18,22H,4-5,12-15,17H2,1-3H3. The highest BCUT2D eigenvalue weighted by molar-refractivity contribution is 5.93. The van der Waals surface area contributed by atoms with E-state index in [2.05, 4.69) is 30.0 Å². The molecule has 0 radical (unpaired) electrons. The van der Waals surface area contributed by atoms with Crippen molar-refractivity contribution < 1.29 is 9.59 Å². The molecule has 4 nitrogen and oxygen atoms in total. The third-order valence-corrected chi connectivity index (χ3v) is 6.01. The molecule has 0 atom stereocenters. The number of nitrogens with zero attached hydrogens (tertiary/aromatic N) is 2. The quantitative estimate of drug-likeness (QED) is 0.626. The van der Waals surface area contributed by atoms with E-state index in [9.17, 15) is 9.59 Å². The Morgan fingerprint density at radius 3 is 2.45 bits per heavy atom. The van der Waals surface area contributed by atoms with Crippen LogP contribution in [0.3, 0.4) is 0 Å². The first-order valence-electron chi connectivity index (χ1n) is 10.7. The minimum atomic E-state index is 0.183. The number of anilines is 1. The second-order valence-corrected chi connectivity index (χ2v) is 8.16. The molecule has 2 aromatic rings. The number of hydrogen-bond acceptors (Lipinski definition) is 3. The predicted octanol–water partition coefficient (Wildman–Crippen LogP) is 4.95. The zero-order chi connectivity index (χ0) is 20.8. The van der Waals surface area contributed by atoms with E-state index in [-0.39, 0.29) is 5.91 Å². The molecule has 0 spiro atoms. The van der Waals surface area contributed by atoms with Crippen LogP contribution >= 0.6 is 0 Å². The Labute approximate surface area is 174 Å². The molecule has 1 fully saturated rings. The van der Waals surface area contributed by atoms with Crippen LogP contribution in [0.1, 0.15) is 65.6 Å². The zero-order valence-electron chi connectivity index (χ0n) is 17.9. The lowest BCUT2D eigenvalue weighted by atomic mass is 9.88. The molecule has 0 N–H and O–H groups in total. The molecular weight excluding hydrogens is 360 g/mol. The van der Waals surface area contributed by atoms with Crippen molar-refractivity contribution in [2.24, 2.45) is 0 Å². The largest absolute Gasteiger partial charge is 0.315 e. The first kappa shape index (κ1) is 21.3. The fraction of sp³-hybridized carbons (Fsp3) is 0.440.